The van der Waals surface area contributed by atoms with Crippen molar-refractivity contribution >= 4 is 46.5 Å². The Morgan fingerprint density at radius 2 is 1.70 bits per heavy atom. The van der Waals surface area contributed by atoms with Gasteiger partial charge in [-0.15, -0.1) is 0 Å². The van der Waals surface area contributed by atoms with Gasteiger partial charge in [0.25, 0.3) is 0 Å². The molecule has 0 amide bonds. The van der Waals surface area contributed by atoms with E-state index < -0.39 is 5.97 Å². The van der Waals surface area contributed by atoms with Gasteiger partial charge in [0.1, 0.15) is 0 Å². The molecule has 20 heavy (non-hydrogen) atoms. The fraction of sp³-hybridized carbons (Fsp3) is 0.308. The monoisotopic (exact) mass is 337 g/mol. The number of benzene rings is 1. The molecule has 0 aliphatic heterocycles. The summed E-state index contributed by atoms with van der Waals surface area (Å²) in [5.74, 6) is -0.332. The van der Waals surface area contributed by atoms with Gasteiger partial charge in [-0.1, -0.05) is 34.8 Å². The third-order valence-electron chi connectivity index (χ3n) is 2.09. The molecule has 0 saturated heterocycles. The van der Waals surface area contributed by atoms with Crippen molar-refractivity contribution in [3.8, 4) is 0 Å². The van der Waals surface area contributed by atoms with E-state index in [1.165, 1.54) is 18.2 Å². The highest BCUT2D eigenvalue weighted by molar-refractivity contribution is 6.41. The molecule has 0 heterocycles. The second-order valence-electron chi connectivity index (χ2n) is 3.56. The maximum atomic E-state index is 11.4. The quantitative estimate of drug-likeness (QED) is 0.471. The third-order valence-corrected chi connectivity index (χ3v) is 2.90. The Morgan fingerprint density at radius 3 is 2.20 bits per heavy atom. The van der Waals surface area contributed by atoms with Crippen LogP contribution in [0.5, 0.6) is 0 Å². The first-order valence-electron chi connectivity index (χ1n) is 5.90. The van der Waals surface area contributed by atoms with Crippen molar-refractivity contribution in [1.29, 1.82) is 0 Å². The molecule has 0 unspecified atom stereocenters. The zero-order valence-electron chi connectivity index (χ0n) is 11.0. The van der Waals surface area contributed by atoms with E-state index in [1.807, 2.05) is 0 Å². The van der Waals surface area contributed by atoms with Crippen LogP contribution in [0.4, 0.5) is 5.69 Å². The molecular formula is C13H14Cl3NO3. The number of ether oxygens (including phenoxy) is 2. The zero-order chi connectivity index (χ0) is 15.1. The average Bonchev–Trinajstić information content (AvgIpc) is 2.34. The van der Waals surface area contributed by atoms with Crippen molar-refractivity contribution < 1.29 is 14.3 Å². The summed E-state index contributed by atoms with van der Waals surface area (Å²) < 4.78 is 10.1. The normalized spacial score (nSPS) is 11.2. The van der Waals surface area contributed by atoms with Gasteiger partial charge >= 0.3 is 5.97 Å². The van der Waals surface area contributed by atoms with E-state index in [1.54, 1.807) is 13.8 Å². The summed E-state index contributed by atoms with van der Waals surface area (Å²) in [7, 11) is 0. The number of carbonyl (C=O) groups is 1. The Hall–Kier alpha value is -1.10. The Morgan fingerprint density at radius 1 is 1.15 bits per heavy atom. The predicted octanol–water partition coefficient (Wildman–Crippen LogP) is 4.50. The lowest BCUT2D eigenvalue weighted by molar-refractivity contribution is -0.137. The lowest BCUT2D eigenvalue weighted by Crippen LogP contribution is -2.09. The van der Waals surface area contributed by atoms with Gasteiger partial charge in [-0.05, 0) is 26.0 Å². The number of halogens is 3. The van der Waals surface area contributed by atoms with Gasteiger partial charge in [0.15, 0.2) is 5.88 Å². The molecule has 0 radical (unpaired) electrons. The van der Waals surface area contributed by atoms with Crippen LogP contribution in [0.1, 0.15) is 13.8 Å². The topological polar surface area (TPSA) is 47.6 Å². The van der Waals surface area contributed by atoms with Crippen molar-refractivity contribution in [2.24, 2.45) is 0 Å². The molecule has 0 spiro atoms. The molecule has 4 nitrogen and oxygen atoms in total. The smallest absolute Gasteiger partial charge is 0.336 e. The molecule has 1 aromatic carbocycles. The molecule has 7 heteroatoms. The first-order chi connectivity index (χ1) is 9.47. The number of hydrogen-bond acceptors (Lipinski definition) is 4. The second-order valence-corrected chi connectivity index (χ2v) is 4.81. The third kappa shape index (κ3) is 5.12. The van der Waals surface area contributed by atoms with Gasteiger partial charge in [-0.2, -0.15) is 0 Å². The number of nitrogens with one attached hydrogen (secondary N) is 1. The van der Waals surface area contributed by atoms with E-state index in [0.29, 0.717) is 27.4 Å². The van der Waals surface area contributed by atoms with Gasteiger partial charge in [-0.3, -0.25) is 0 Å². The predicted molar refractivity (Wildman–Crippen MR) is 81.4 cm³/mol. The molecular weight excluding hydrogens is 325 g/mol. The van der Waals surface area contributed by atoms with Crippen LogP contribution in [-0.4, -0.2) is 19.2 Å². The summed E-state index contributed by atoms with van der Waals surface area (Å²) >= 11 is 17.9. The number of anilines is 1. The van der Waals surface area contributed by atoms with Crippen LogP contribution < -0.4 is 5.32 Å². The molecule has 0 saturated carbocycles. The van der Waals surface area contributed by atoms with Crippen LogP contribution in [-0.2, 0) is 14.3 Å². The molecule has 1 aromatic rings. The lowest BCUT2D eigenvalue weighted by Gasteiger charge is -2.14. The molecule has 110 valence electrons. The summed E-state index contributed by atoms with van der Waals surface area (Å²) in [6, 6.07) is 3.07. The zero-order valence-corrected chi connectivity index (χ0v) is 13.3. The fourth-order valence-corrected chi connectivity index (χ4v) is 2.26. The number of esters is 1. The molecule has 1 N–H and O–H groups in total. The SMILES string of the molecule is CCOC(=O)/C=C(\Nc1c(Cl)cc(Cl)cc1Cl)OCC. The van der Waals surface area contributed by atoms with Crippen LogP contribution >= 0.6 is 34.8 Å². The molecule has 0 aromatic heterocycles. The van der Waals surface area contributed by atoms with Gasteiger partial charge in [-0.25, -0.2) is 4.79 Å². The van der Waals surface area contributed by atoms with E-state index in [4.69, 9.17) is 44.3 Å². The molecule has 0 aliphatic carbocycles. The van der Waals surface area contributed by atoms with Gasteiger partial charge < -0.3 is 14.8 Å². The van der Waals surface area contributed by atoms with Crippen molar-refractivity contribution in [3.05, 3.63) is 39.2 Å². The first-order valence-corrected chi connectivity index (χ1v) is 7.04. The fourth-order valence-electron chi connectivity index (χ4n) is 1.35. The Kier molecular flexibility index (Phi) is 6.99. The maximum Gasteiger partial charge on any atom is 0.336 e. The van der Waals surface area contributed by atoms with Crippen LogP contribution in [0.3, 0.4) is 0 Å². The van der Waals surface area contributed by atoms with Crippen molar-refractivity contribution in [1.82, 2.24) is 0 Å². The first kappa shape index (κ1) is 17.0. The van der Waals surface area contributed by atoms with Crippen molar-refractivity contribution in [3.63, 3.8) is 0 Å². The molecule has 0 aliphatic rings. The number of rotatable bonds is 6. The standard InChI is InChI=1S/C13H14Cl3NO3/c1-3-19-11(7-12(18)20-4-2)17-13-9(15)5-8(14)6-10(13)16/h5-7,17H,3-4H2,1-2H3/b11-7+. The van der Waals surface area contributed by atoms with Crippen LogP contribution in [0.25, 0.3) is 0 Å². The Balaban J connectivity index is 2.99. The maximum absolute atomic E-state index is 11.4. The van der Waals surface area contributed by atoms with E-state index in [9.17, 15) is 4.79 Å². The lowest BCUT2D eigenvalue weighted by atomic mass is 10.3. The van der Waals surface area contributed by atoms with E-state index in [0.717, 1.165) is 0 Å². The minimum Gasteiger partial charge on any atom is -0.479 e. The summed E-state index contributed by atoms with van der Waals surface area (Å²) in [5, 5.41) is 3.90. The van der Waals surface area contributed by atoms with Gasteiger partial charge in [0.05, 0.1) is 35.0 Å². The number of carbonyl (C=O) groups excluding carboxylic acids is 1. The largest absolute Gasteiger partial charge is 0.479 e. The van der Waals surface area contributed by atoms with Gasteiger partial charge in [0, 0.05) is 5.02 Å². The summed E-state index contributed by atoms with van der Waals surface area (Å²) in [6.07, 6.45) is 1.19. The van der Waals surface area contributed by atoms with E-state index in [2.05, 4.69) is 5.32 Å². The highest BCUT2D eigenvalue weighted by atomic mass is 35.5. The van der Waals surface area contributed by atoms with E-state index in [-0.39, 0.29) is 12.5 Å². The summed E-state index contributed by atoms with van der Waals surface area (Å²) in [6.45, 7) is 4.14. The molecule has 0 fully saturated rings. The minimum atomic E-state index is -0.523. The second kappa shape index (κ2) is 8.25. The molecule has 1 rings (SSSR count). The van der Waals surface area contributed by atoms with E-state index >= 15 is 0 Å². The highest BCUT2D eigenvalue weighted by Gasteiger charge is 2.11. The highest BCUT2D eigenvalue weighted by Crippen LogP contribution is 2.34. The van der Waals surface area contributed by atoms with Crippen LogP contribution in [0, 0.1) is 0 Å². The average molecular weight is 339 g/mol. The Bertz CT molecular complexity index is 495. The van der Waals surface area contributed by atoms with Crippen LogP contribution in [0.15, 0.2) is 24.1 Å². The van der Waals surface area contributed by atoms with Gasteiger partial charge in [0.2, 0.25) is 0 Å². The Labute approximate surface area is 132 Å². The van der Waals surface area contributed by atoms with Crippen molar-refractivity contribution in [2.75, 3.05) is 18.5 Å². The van der Waals surface area contributed by atoms with Crippen LogP contribution in [0.2, 0.25) is 15.1 Å². The molecule has 0 atom stereocenters. The minimum absolute atomic E-state index is 0.192. The number of hydrogen-bond donors (Lipinski definition) is 1. The summed E-state index contributed by atoms with van der Waals surface area (Å²) in [4.78, 5) is 11.4. The summed E-state index contributed by atoms with van der Waals surface area (Å²) in [5.41, 5.74) is 0.404. The molecule has 0 bridgehead atoms. The van der Waals surface area contributed by atoms with Crippen molar-refractivity contribution in [2.45, 2.75) is 13.8 Å².